The van der Waals surface area contributed by atoms with Crippen molar-refractivity contribution >= 4 is 93.4 Å². The lowest BCUT2D eigenvalue weighted by atomic mass is 9.87. The molecule has 24 N–H and O–H groups in total. The molecule has 103 heavy (non-hydrogen) atoms. The summed E-state index contributed by atoms with van der Waals surface area (Å²) in [5, 5.41) is 31.8. The first-order chi connectivity index (χ1) is 49.4. The van der Waals surface area contributed by atoms with Crippen molar-refractivity contribution < 1.29 is 67.4 Å². The summed E-state index contributed by atoms with van der Waals surface area (Å²) in [6.07, 6.45) is 1.09. The lowest BCUT2D eigenvalue weighted by Crippen LogP contribution is -2.49. The SMILES string of the molecule is N=CCC[C@H](N)C(=O)C[C@H](CCC(N)=O)C(=O)N[C@@H](CCCN)C(=O)C[C@H](Cc1ccccc1)C(=O)N[C@@H](CCCN)C(=O)C[C@H](Cc1c[nH]c2ccccc12)C(=O)N[C@@H](CCCN)C(=O)C[C@H](Cc1ccccc1)C(=O)N[C@@H](CCCN)C(=O)C[C@H](CCC(N)=O)C(=O)N[C@@H](CCCN)C(=O)O. The lowest BCUT2D eigenvalue weighted by molar-refractivity contribution is -0.143. The van der Waals surface area contributed by atoms with Gasteiger partial charge in [-0.25, -0.2) is 4.79 Å². The maximum Gasteiger partial charge on any atom is 0.326 e. The number of carboxylic acids is 1. The van der Waals surface area contributed by atoms with E-state index in [1.165, 1.54) is 0 Å². The second-order valence-corrected chi connectivity index (χ2v) is 26.5. The molecule has 0 aliphatic carbocycles. The van der Waals surface area contributed by atoms with Gasteiger partial charge in [0.2, 0.25) is 41.4 Å². The molecule has 1 heterocycles. The maximum atomic E-state index is 15.2. The number of aliphatic carboxylic acids is 1. The fourth-order valence-corrected chi connectivity index (χ4v) is 12.3. The quantitative estimate of drug-likeness (QED) is 0.0279. The van der Waals surface area contributed by atoms with Crippen molar-refractivity contribution in [1.82, 2.24) is 31.6 Å². The number of benzene rings is 3. The van der Waals surface area contributed by atoms with Crippen LogP contribution >= 0.6 is 0 Å². The van der Waals surface area contributed by atoms with E-state index < -0.39 is 168 Å². The molecule has 1 aromatic heterocycles. The fraction of sp³-hybridized carbons (Fsp3) is 0.541. The minimum atomic E-state index is -1.35. The molecule has 0 spiro atoms. The third-order valence-corrected chi connectivity index (χ3v) is 18.3. The number of amides is 7. The van der Waals surface area contributed by atoms with Gasteiger partial charge in [-0.3, -0.25) is 57.5 Å². The Bertz CT molecular complexity index is 3430. The van der Waals surface area contributed by atoms with Crippen molar-refractivity contribution in [3.8, 4) is 0 Å². The summed E-state index contributed by atoms with van der Waals surface area (Å²) < 4.78 is 0. The van der Waals surface area contributed by atoms with E-state index in [2.05, 4.69) is 31.6 Å². The van der Waals surface area contributed by atoms with Gasteiger partial charge in [-0.1, -0.05) is 78.9 Å². The van der Waals surface area contributed by atoms with Crippen LogP contribution in [0.15, 0.2) is 91.1 Å². The Balaban J connectivity index is 1.71. The van der Waals surface area contributed by atoms with Crippen LogP contribution in [0.3, 0.4) is 0 Å². The zero-order valence-corrected chi connectivity index (χ0v) is 59.0. The number of aromatic amines is 1. The molecule has 0 bridgehead atoms. The van der Waals surface area contributed by atoms with Gasteiger partial charge in [0.15, 0.2) is 23.1 Å². The molecule has 3 aromatic carbocycles. The number of para-hydroxylation sites is 1. The number of fused-ring (bicyclic) bond motifs is 1. The number of hydrogen-bond donors (Lipinski definition) is 16. The van der Waals surface area contributed by atoms with Crippen LogP contribution in [0.4, 0.5) is 0 Å². The Morgan fingerprint density at radius 3 is 1.09 bits per heavy atom. The number of hydrogen-bond acceptors (Lipinski definition) is 20. The minimum absolute atomic E-state index is 0.000346. The highest BCUT2D eigenvalue weighted by Gasteiger charge is 2.38. The summed E-state index contributed by atoms with van der Waals surface area (Å²) in [7, 11) is 0. The van der Waals surface area contributed by atoms with E-state index in [0.717, 1.165) is 17.1 Å². The summed E-state index contributed by atoms with van der Waals surface area (Å²) in [4.78, 5) is 184. The van der Waals surface area contributed by atoms with E-state index in [9.17, 15) is 53.1 Å². The first kappa shape index (κ1) is 86.1. The van der Waals surface area contributed by atoms with Gasteiger partial charge in [-0.15, -0.1) is 0 Å². The third-order valence-electron chi connectivity index (χ3n) is 18.3. The molecule has 11 atom stereocenters. The van der Waals surface area contributed by atoms with Crippen LogP contribution in [0.1, 0.15) is 152 Å². The molecule has 0 aliphatic rings. The molecule has 0 fully saturated rings. The standard InChI is InChI=1S/C74H109N15O14/c75-31-9-20-55(81)62(90)40-48(27-29-67(82)95)69(97)85-58(23-11-33-77)64(92)42-50(37-46-15-3-1-4-16-46)72(100)87-60(25-13-35-79)66(94)44-52(39-53-45-84-56-21-8-7-19-54(53)56)73(101)88-59(24-12-34-78)65(93)43-51(38-47-17-5-2-6-18-47)71(99)86-57(22-10-32-76)63(91)41-49(28-30-68(83)96)70(98)89-61(74(102)103)26-14-36-80/h1-8,15-19,21,31,45,48-52,55,57-61,75,84H,9-14,20,22-30,32-44,76-81H2,(H2,82,95)(H2,83,96)(H,85,97)(H,86,99)(H,87,100)(H,88,101)(H,89,98)(H,102,103)/t48-,49-,50-,51-,52-,55-,57-,58-,59-,60-,61-/m0/s1. The number of carboxylic acid groups (broad SMARTS) is 1. The summed E-state index contributed by atoms with van der Waals surface area (Å²) in [5.74, 6) is -15.3. The van der Waals surface area contributed by atoms with E-state index in [4.69, 9.17) is 51.3 Å². The fourth-order valence-electron chi connectivity index (χ4n) is 12.3. The van der Waals surface area contributed by atoms with Gasteiger partial charge in [-0.2, -0.15) is 0 Å². The van der Waals surface area contributed by atoms with Crippen molar-refractivity contribution in [2.24, 2.45) is 75.5 Å². The molecule has 0 radical (unpaired) electrons. The number of Topliss-reactive ketones (excluding diaryl/α,β-unsaturated/α-hetero) is 5. The summed E-state index contributed by atoms with van der Waals surface area (Å²) >= 11 is 0. The first-order valence-corrected chi connectivity index (χ1v) is 35.7. The molecule has 4 rings (SSSR count). The highest BCUT2D eigenvalue weighted by Crippen LogP contribution is 2.27. The number of carbonyl (C=O) groups is 13. The van der Waals surface area contributed by atoms with Crippen molar-refractivity contribution in [3.63, 3.8) is 0 Å². The summed E-state index contributed by atoms with van der Waals surface area (Å²) in [6.45, 7) is 0.549. The molecular formula is C74H109N15O14. The zero-order chi connectivity index (χ0) is 75.8. The summed E-state index contributed by atoms with van der Waals surface area (Å²) in [5.41, 5.74) is 49.2. The molecule has 0 saturated carbocycles. The molecular weight excluding hydrogens is 1320 g/mol. The predicted octanol–water partition coefficient (Wildman–Crippen LogP) is 1.56. The normalized spacial score (nSPS) is 14.5. The Kier molecular flexibility index (Phi) is 39.4. The topological polar surface area (TPSA) is 550 Å². The van der Waals surface area contributed by atoms with Crippen LogP contribution < -0.4 is 72.5 Å². The van der Waals surface area contributed by atoms with E-state index in [-0.39, 0.29) is 161 Å². The monoisotopic (exact) mass is 1430 g/mol. The molecule has 0 unspecified atom stereocenters. The Hall–Kier alpha value is -9.26. The van der Waals surface area contributed by atoms with E-state index in [1.54, 1.807) is 66.9 Å². The first-order valence-electron chi connectivity index (χ1n) is 35.7. The second kappa shape index (κ2) is 47.1. The van der Waals surface area contributed by atoms with Crippen LogP contribution in [0.5, 0.6) is 0 Å². The number of aromatic nitrogens is 1. The van der Waals surface area contributed by atoms with Crippen LogP contribution in [0, 0.1) is 35.0 Å². The number of ketones is 5. The molecule has 4 aromatic rings. The maximum absolute atomic E-state index is 15.2. The van der Waals surface area contributed by atoms with Crippen molar-refractivity contribution in [1.29, 1.82) is 5.41 Å². The van der Waals surface area contributed by atoms with Crippen LogP contribution in [-0.2, 0) is 81.6 Å². The molecule has 564 valence electrons. The van der Waals surface area contributed by atoms with Crippen molar-refractivity contribution in [3.05, 3.63) is 108 Å². The number of nitrogens with one attached hydrogen (secondary N) is 7. The van der Waals surface area contributed by atoms with E-state index in [0.29, 0.717) is 16.7 Å². The Morgan fingerprint density at radius 2 is 0.728 bits per heavy atom. The second-order valence-electron chi connectivity index (χ2n) is 26.5. The average molecular weight is 1430 g/mol. The van der Waals surface area contributed by atoms with E-state index >= 15 is 14.4 Å². The predicted molar refractivity (Wildman–Crippen MR) is 389 cm³/mol. The molecule has 29 nitrogen and oxygen atoms in total. The van der Waals surface area contributed by atoms with Gasteiger partial charge < -0.3 is 88.0 Å². The van der Waals surface area contributed by atoms with E-state index in [1.807, 2.05) is 24.3 Å². The lowest BCUT2D eigenvalue weighted by Gasteiger charge is -2.27. The van der Waals surface area contributed by atoms with Gasteiger partial charge in [0.25, 0.3) is 0 Å². The highest BCUT2D eigenvalue weighted by molar-refractivity contribution is 5.99. The summed E-state index contributed by atoms with van der Waals surface area (Å²) in [6, 6.07) is 17.5. The molecule has 7 amide bonds. The van der Waals surface area contributed by atoms with Crippen molar-refractivity contribution in [2.75, 3.05) is 32.7 Å². The zero-order valence-electron chi connectivity index (χ0n) is 59.0. The molecule has 0 saturated heterocycles. The van der Waals surface area contributed by atoms with Crippen LogP contribution in [0.2, 0.25) is 0 Å². The smallest absolute Gasteiger partial charge is 0.326 e. The van der Waals surface area contributed by atoms with Gasteiger partial charge in [-0.05, 0) is 171 Å². The highest BCUT2D eigenvalue weighted by atomic mass is 16.4. The number of nitrogens with two attached hydrogens (primary N) is 8. The van der Waals surface area contributed by atoms with Gasteiger partial charge >= 0.3 is 5.97 Å². The molecule has 29 heteroatoms. The number of carbonyl (C=O) groups excluding carboxylic acids is 12. The van der Waals surface area contributed by atoms with Crippen LogP contribution in [-0.4, -0.2) is 162 Å². The van der Waals surface area contributed by atoms with Gasteiger partial charge in [0.1, 0.15) is 11.8 Å². The number of rotatable bonds is 56. The van der Waals surface area contributed by atoms with Gasteiger partial charge in [0.05, 0.1) is 30.2 Å². The number of H-pyrrole nitrogens is 1. The number of primary amides is 2. The Morgan fingerprint density at radius 1 is 0.408 bits per heavy atom. The average Bonchev–Trinajstić information content (AvgIpc) is 1.64. The molecule has 0 aliphatic heterocycles. The Labute approximate surface area is 601 Å². The van der Waals surface area contributed by atoms with Crippen molar-refractivity contribution in [2.45, 2.75) is 190 Å². The largest absolute Gasteiger partial charge is 0.480 e. The van der Waals surface area contributed by atoms with Crippen LogP contribution in [0.25, 0.3) is 10.9 Å². The minimum Gasteiger partial charge on any atom is -0.480 e. The third kappa shape index (κ3) is 31.1. The van der Waals surface area contributed by atoms with Gasteiger partial charge in [0, 0.05) is 91.6 Å².